The molecule has 1 aliphatic rings. The SMILES string of the molecule is Cc1nc2ccccc2n1CCCNC(=O)NCC1CCCO1. The minimum absolute atomic E-state index is 0.118. The van der Waals surface area contributed by atoms with E-state index in [1.54, 1.807) is 0 Å². The van der Waals surface area contributed by atoms with E-state index in [4.69, 9.17) is 4.74 Å². The van der Waals surface area contributed by atoms with Gasteiger partial charge in [0.15, 0.2) is 0 Å². The van der Waals surface area contributed by atoms with E-state index in [1.165, 1.54) is 0 Å². The van der Waals surface area contributed by atoms with Crippen LogP contribution < -0.4 is 10.6 Å². The number of hydrogen-bond donors (Lipinski definition) is 2. The molecule has 0 bridgehead atoms. The van der Waals surface area contributed by atoms with Gasteiger partial charge in [0, 0.05) is 26.2 Å². The van der Waals surface area contributed by atoms with Gasteiger partial charge in [0.05, 0.1) is 17.1 Å². The van der Waals surface area contributed by atoms with Crippen LogP contribution >= 0.6 is 0 Å². The fraction of sp³-hybridized carbons (Fsp3) is 0.529. The number of fused-ring (bicyclic) bond motifs is 1. The second-order valence-electron chi connectivity index (χ2n) is 5.92. The fourth-order valence-corrected chi connectivity index (χ4v) is 2.99. The van der Waals surface area contributed by atoms with E-state index in [9.17, 15) is 4.79 Å². The van der Waals surface area contributed by atoms with Gasteiger partial charge in [-0.05, 0) is 38.3 Å². The Morgan fingerprint density at radius 2 is 2.26 bits per heavy atom. The summed E-state index contributed by atoms with van der Waals surface area (Å²) < 4.78 is 7.67. The predicted octanol–water partition coefficient (Wildman–Crippen LogP) is 2.21. The number of para-hydroxylation sites is 2. The lowest BCUT2D eigenvalue weighted by atomic mass is 10.2. The highest BCUT2D eigenvalue weighted by molar-refractivity contribution is 5.76. The molecule has 2 heterocycles. The van der Waals surface area contributed by atoms with Crippen molar-refractivity contribution in [2.24, 2.45) is 0 Å². The van der Waals surface area contributed by atoms with Crippen LogP contribution in [0.5, 0.6) is 0 Å². The number of carbonyl (C=O) groups excluding carboxylic acids is 1. The summed E-state index contributed by atoms with van der Waals surface area (Å²) >= 11 is 0. The number of aryl methyl sites for hydroxylation is 2. The van der Waals surface area contributed by atoms with Crippen molar-refractivity contribution < 1.29 is 9.53 Å². The van der Waals surface area contributed by atoms with Gasteiger partial charge in [0.2, 0.25) is 0 Å². The minimum atomic E-state index is -0.118. The third kappa shape index (κ3) is 4.01. The highest BCUT2D eigenvalue weighted by Crippen LogP contribution is 2.15. The van der Waals surface area contributed by atoms with E-state index in [1.807, 2.05) is 25.1 Å². The highest BCUT2D eigenvalue weighted by atomic mass is 16.5. The first-order chi connectivity index (χ1) is 11.2. The van der Waals surface area contributed by atoms with Crippen LogP contribution in [0.25, 0.3) is 11.0 Å². The number of hydrogen-bond acceptors (Lipinski definition) is 3. The Morgan fingerprint density at radius 1 is 1.39 bits per heavy atom. The van der Waals surface area contributed by atoms with Crippen LogP contribution in [-0.4, -0.2) is 41.4 Å². The first kappa shape index (κ1) is 15.8. The molecule has 0 saturated carbocycles. The van der Waals surface area contributed by atoms with Crippen molar-refractivity contribution in [1.29, 1.82) is 0 Å². The molecule has 1 fully saturated rings. The van der Waals surface area contributed by atoms with Gasteiger partial charge in [-0.15, -0.1) is 0 Å². The lowest BCUT2D eigenvalue weighted by Gasteiger charge is -2.12. The second-order valence-corrected chi connectivity index (χ2v) is 5.92. The third-order valence-electron chi connectivity index (χ3n) is 4.20. The van der Waals surface area contributed by atoms with Crippen LogP contribution in [0, 0.1) is 6.92 Å². The number of rotatable bonds is 6. The summed E-state index contributed by atoms with van der Waals surface area (Å²) in [4.78, 5) is 16.3. The molecule has 2 aromatic rings. The van der Waals surface area contributed by atoms with E-state index in [0.29, 0.717) is 13.1 Å². The van der Waals surface area contributed by atoms with Gasteiger partial charge in [0.1, 0.15) is 5.82 Å². The molecular weight excluding hydrogens is 292 g/mol. The summed E-state index contributed by atoms with van der Waals surface area (Å²) in [5.74, 6) is 1.01. The zero-order valence-electron chi connectivity index (χ0n) is 13.5. The summed E-state index contributed by atoms with van der Waals surface area (Å²) in [7, 11) is 0. The summed E-state index contributed by atoms with van der Waals surface area (Å²) in [6.45, 7) is 4.91. The second kappa shape index (κ2) is 7.46. The summed E-state index contributed by atoms with van der Waals surface area (Å²) in [5.41, 5.74) is 2.17. The first-order valence-corrected chi connectivity index (χ1v) is 8.29. The molecule has 1 aromatic carbocycles. The van der Waals surface area contributed by atoms with E-state index < -0.39 is 0 Å². The molecule has 0 radical (unpaired) electrons. The number of benzene rings is 1. The molecule has 3 rings (SSSR count). The largest absolute Gasteiger partial charge is 0.376 e. The molecule has 1 unspecified atom stereocenters. The molecule has 1 atom stereocenters. The van der Waals surface area contributed by atoms with Crippen molar-refractivity contribution in [3.63, 3.8) is 0 Å². The van der Waals surface area contributed by atoms with Gasteiger partial charge in [-0.25, -0.2) is 9.78 Å². The predicted molar refractivity (Wildman–Crippen MR) is 89.5 cm³/mol. The quantitative estimate of drug-likeness (QED) is 0.803. The molecule has 1 aromatic heterocycles. The molecule has 6 nitrogen and oxygen atoms in total. The Kier molecular flexibility index (Phi) is 5.12. The van der Waals surface area contributed by atoms with Gasteiger partial charge < -0.3 is 19.9 Å². The van der Waals surface area contributed by atoms with Crippen molar-refractivity contribution in [2.75, 3.05) is 19.7 Å². The molecule has 1 saturated heterocycles. The van der Waals surface area contributed by atoms with Crippen LogP contribution in [-0.2, 0) is 11.3 Å². The van der Waals surface area contributed by atoms with Gasteiger partial charge >= 0.3 is 6.03 Å². The average molecular weight is 316 g/mol. The smallest absolute Gasteiger partial charge is 0.314 e. The van der Waals surface area contributed by atoms with Gasteiger partial charge in [-0.1, -0.05) is 12.1 Å². The highest BCUT2D eigenvalue weighted by Gasteiger charge is 2.15. The van der Waals surface area contributed by atoms with Crippen molar-refractivity contribution >= 4 is 17.1 Å². The van der Waals surface area contributed by atoms with Crippen molar-refractivity contribution in [2.45, 2.75) is 38.8 Å². The Balaban J connectivity index is 1.40. The fourth-order valence-electron chi connectivity index (χ4n) is 2.99. The molecular formula is C17H24N4O2. The maximum Gasteiger partial charge on any atom is 0.314 e. The van der Waals surface area contributed by atoms with Gasteiger partial charge in [-0.2, -0.15) is 0 Å². The Bertz CT molecular complexity index is 662. The number of aromatic nitrogens is 2. The number of imidazole rings is 1. The number of carbonyl (C=O) groups is 1. The van der Waals surface area contributed by atoms with Gasteiger partial charge in [0.25, 0.3) is 0 Å². The number of ether oxygens (including phenoxy) is 1. The lowest BCUT2D eigenvalue weighted by Crippen LogP contribution is -2.40. The van der Waals surface area contributed by atoms with Crippen LogP contribution in [0.4, 0.5) is 4.79 Å². The third-order valence-corrected chi connectivity index (χ3v) is 4.20. The average Bonchev–Trinajstić information content (AvgIpc) is 3.17. The topological polar surface area (TPSA) is 68.2 Å². The maximum absolute atomic E-state index is 11.7. The molecule has 0 aliphatic carbocycles. The molecule has 2 amide bonds. The summed E-state index contributed by atoms with van der Waals surface area (Å²) in [6, 6.07) is 8.01. The van der Waals surface area contributed by atoms with Crippen molar-refractivity contribution in [1.82, 2.24) is 20.2 Å². The molecule has 23 heavy (non-hydrogen) atoms. The minimum Gasteiger partial charge on any atom is -0.376 e. The summed E-state index contributed by atoms with van der Waals surface area (Å²) in [5, 5.41) is 5.76. The molecule has 2 N–H and O–H groups in total. The monoisotopic (exact) mass is 316 g/mol. The van der Waals surface area contributed by atoms with Crippen LogP contribution in [0.15, 0.2) is 24.3 Å². The van der Waals surface area contributed by atoms with E-state index in [0.717, 1.165) is 49.3 Å². The normalized spacial score (nSPS) is 17.5. The maximum atomic E-state index is 11.7. The van der Waals surface area contributed by atoms with Crippen LogP contribution in [0.3, 0.4) is 0 Å². The molecule has 1 aliphatic heterocycles. The Morgan fingerprint density at radius 3 is 3.09 bits per heavy atom. The molecule has 6 heteroatoms. The number of nitrogens with zero attached hydrogens (tertiary/aromatic N) is 2. The Hall–Kier alpha value is -2.08. The number of urea groups is 1. The van der Waals surface area contributed by atoms with Crippen molar-refractivity contribution in [3.05, 3.63) is 30.1 Å². The molecule has 124 valence electrons. The first-order valence-electron chi connectivity index (χ1n) is 8.29. The van der Waals surface area contributed by atoms with Crippen molar-refractivity contribution in [3.8, 4) is 0 Å². The van der Waals surface area contributed by atoms with E-state index >= 15 is 0 Å². The van der Waals surface area contributed by atoms with E-state index in [2.05, 4.69) is 26.3 Å². The zero-order valence-corrected chi connectivity index (χ0v) is 13.5. The van der Waals surface area contributed by atoms with E-state index in [-0.39, 0.29) is 12.1 Å². The number of amides is 2. The van der Waals surface area contributed by atoms with Crippen LogP contribution in [0.1, 0.15) is 25.1 Å². The molecule has 0 spiro atoms. The lowest BCUT2D eigenvalue weighted by molar-refractivity contribution is 0.111. The Labute approximate surface area is 136 Å². The zero-order chi connectivity index (χ0) is 16.1. The van der Waals surface area contributed by atoms with Crippen LogP contribution in [0.2, 0.25) is 0 Å². The summed E-state index contributed by atoms with van der Waals surface area (Å²) in [6.07, 6.45) is 3.18. The van der Waals surface area contributed by atoms with Gasteiger partial charge in [-0.3, -0.25) is 0 Å². The standard InChI is InChI=1S/C17H24N4O2/c1-13-20-15-7-2-3-8-16(15)21(13)10-5-9-18-17(22)19-12-14-6-4-11-23-14/h2-3,7-8,14H,4-6,9-12H2,1H3,(H2,18,19,22). The number of nitrogens with one attached hydrogen (secondary N) is 2.